The molecule has 20 heavy (non-hydrogen) atoms. The van der Waals surface area contributed by atoms with Crippen molar-refractivity contribution < 1.29 is 4.39 Å². The van der Waals surface area contributed by atoms with Gasteiger partial charge in [0, 0.05) is 19.1 Å². The number of hydrogen-bond donors (Lipinski definition) is 1. The average molecular weight is 276 g/mol. The van der Waals surface area contributed by atoms with E-state index < -0.39 is 0 Å². The van der Waals surface area contributed by atoms with Crippen molar-refractivity contribution >= 4 is 0 Å². The third kappa shape index (κ3) is 2.89. The van der Waals surface area contributed by atoms with Crippen LogP contribution in [-0.2, 0) is 13.1 Å². The molecule has 3 rings (SSSR count). The van der Waals surface area contributed by atoms with Gasteiger partial charge in [-0.15, -0.1) is 0 Å². The van der Waals surface area contributed by atoms with Crippen molar-refractivity contribution in [1.82, 2.24) is 4.90 Å². The quantitative estimate of drug-likeness (QED) is 0.916. The van der Waals surface area contributed by atoms with Crippen molar-refractivity contribution in [2.24, 2.45) is 11.7 Å². The molecule has 110 valence electrons. The highest BCUT2D eigenvalue weighted by molar-refractivity contribution is 5.28. The van der Waals surface area contributed by atoms with E-state index in [4.69, 9.17) is 5.73 Å². The summed E-state index contributed by atoms with van der Waals surface area (Å²) >= 11 is 0. The molecule has 1 aliphatic carbocycles. The standard InChI is InChI=1S/C17H25FN2/c18-16-8-7-14(15(10-16)11-19)12-20-9-3-5-13-4-1-2-6-17(13)20/h7-8,10,13,17H,1-6,9,11-12,19H2/t13-,17-/m1/s1. The van der Waals surface area contributed by atoms with Gasteiger partial charge >= 0.3 is 0 Å². The lowest BCUT2D eigenvalue weighted by molar-refractivity contribution is 0.0545. The molecule has 1 aromatic carbocycles. The molecule has 0 radical (unpaired) electrons. The Bertz CT molecular complexity index is 458. The minimum atomic E-state index is -0.177. The van der Waals surface area contributed by atoms with Crippen molar-refractivity contribution in [3.63, 3.8) is 0 Å². The van der Waals surface area contributed by atoms with E-state index in [-0.39, 0.29) is 5.82 Å². The number of likely N-dealkylation sites (tertiary alicyclic amines) is 1. The molecule has 1 saturated heterocycles. The summed E-state index contributed by atoms with van der Waals surface area (Å²) in [6.07, 6.45) is 8.21. The molecule has 0 bridgehead atoms. The van der Waals surface area contributed by atoms with Crippen LogP contribution >= 0.6 is 0 Å². The molecule has 2 atom stereocenters. The Morgan fingerprint density at radius 1 is 1.10 bits per heavy atom. The third-order valence-corrected chi connectivity index (χ3v) is 5.12. The van der Waals surface area contributed by atoms with Gasteiger partial charge < -0.3 is 5.73 Å². The Balaban J connectivity index is 1.76. The minimum Gasteiger partial charge on any atom is -0.326 e. The van der Waals surface area contributed by atoms with E-state index in [0.29, 0.717) is 6.54 Å². The number of benzene rings is 1. The van der Waals surface area contributed by atoms with Gasteiger partial charge in [0.25, 0.3) is 0 Å². The fourth-order valence-electron chi connectivity index (χ4n) is 4.08. The molecule has 0 aromatic heterocycles. The van der Waals surface area contributed by atoms with E-state index in [0.717, 1.165) is 24.1 Å². The van der Waals surface area contributed by atoms with E-state index in [1.54, 1.807) is 12.1 Å². The first-order valence-electron chi connectivity index (χ1n) is 7.99. The molecular formula is C17H25FN2. The third-order valence-electron chi connectivity index (χ3n) is 5.12. The maximum Gasteiger partial charge on any atom is 0.123 e. The first-order chi connectivity index (χ1) is 9.78. The van der Waals surface area contributed by atoms with Gasteiger partial charge in [-0.3, -0.25) is 4.90 Å². The van der Waals surface area contributed by atoms with Crippen molar-refractivity contribution in [3.05, 3.63) is 35.1 Å². The zero-order chi connectivity index (χ0) is 13.9. The molecule has 2 fully saturated rings. The van der Waals surface area contributed by atoms with Crippen molar-refractivity contribution in [2.75, 3.05) is 6.54 Å². The van der Waals surface area contributed by atoms with E-state index in [1.807, 2.05) is 6.07 Å². The number of nitrogens with two attached hydrogens (primary N) is 1. The SMILES string of the molecule is NCc1cc(F)ccc1CN1CCC[C@H]2CCCC[C@H]21. The molecule has 1 aliphatic heterocycles. The lowest BCUT2D eigenvalue weighted by atomic mass is 9.78. The molecule has 1 saturated carbocycles. The van der Waals surface area contributed by atoms with Crippen molar-refractivity contribution in [3.8, 4) is 0 Å². The lowest BCUT2D eigenvalue weighted by Gasteiger charge is -2.44. The summed E-state index contributed by atoms with van der Waals surface area (Å²) in [5, 5.41) is 0. The van der Waals surface area contributed by atoms with Crippen molar-refractivity contribution in [1.29, 1.82) is 0 Å². The van der Waals surface area contributed by atoms with Gasteiger partial charge in [0.05, 0.1) is 0 Å². The smallest absolute Gasteiger partial charge is 0.123 e. The van der Waals surface area contributed by atoms with E-state index in [2.05, 4.69) is 4.90 Å². The van der Waals surface area contributed by atoms with Gasteiger partial charge in [-0.25, -0.2) is 4.39 Å². The van der Waals surface area contributed by atoms with Crippen LogP contribution in [-0.4, -0.2) is 17.5 Å². The van der Waals surface area contributed by atoms with Crippen LogP contribution in [0.3, 0.4) is 0 Å². The monoisotopic (exact) mass is 276 g/mol. The summed E-state index contributed by atoms with van der Waals surface area (Å²) in [7, 11) is 0. The number of hydrogen-bond acceptors (Lipinski definition) is 2. The first kappa shape index (κ1) is 14.0. The zero-order valence-corrected chi connectivity index (χ0v) is 12.2. The maximum absolute atomic E-state index is 13.3. The van der Waals surface area contributed by atoms with Crippen LogP contribution in [0, 0.1) is 11.7 Å². The Kier molecular flexibility index (Phi) is 4.37. The molecule has 2 aliphatic rings. The van der Waals surface area contributed by atoms with E-state index >= 15 is 0 Å². The number of fused-ring (bicyclic) bond motifs is 1. The summed E-state index contributed by atoms with van der Waals surface area (Å²) < 4.78 is 13.3. The van der Waals surface area contributed by atoms with Gasteiger partial charge in [0.2, 0.25) is 0 Å². The number of rotatable bonds is 3. The molecule has 2 nitrogen and oxygen atoms in total. The predicted octanol–water partition coefficient (Wildman–Crippen LogP) is 3.44. The zero-order valence-electron chi connectivity index (χ0n) is 12.2. The summed E-state index contributed by atoms with van der Waals surface area (Å²) in [4.78, 5) is 2.62. The summed E-state index contributed by atoms with van der Waals surface area (Å²) in [6, 6.07) is 5.83. The summed E-state index contributed by atoms with van der Waals surface area (Å²) in [6.45, 7) is 2.55. The Morgan fingerprint density at radius 2 is 1.90 bits per heavy atom. The second-order valence-corrected chi connectivity index (χ2v) is 6.34. The molecule has 0 amide bonds. The van der Waals surface area contributed by atoms with E-state index in [1.165, 1.54) is 50.6 Å². The number of piperidine rings is 1. The van der Waals surface area contributed by atoms with Crippen LogP contribution in [0.25, 0.3) is 0 Å². The molecule has 0 spiro atoms. The second kappa shape index (κ2) is 6.23. The highest BCUT2D eigenvalue weighted by atomic mass is 19.1. The summed E-state index contributed by atoms with van der Waals surface area (Å²) in [5.41, 5.74) is 7.94. The Morgan fingerprint density at radius 3 is 2.75 bits per heavy atom. The van der Waals surface area contributed by atoms with Crippen LogP contribution in [0.2, 0.25) is 0 Å². The number of halogens is 1. The van der Waals surface area contributed by atoms with Crippen molar-refractivity contribution in [2.45, 2.75) is 57.7 Å². The topological polar surface area (TPSA) is 29.3 Å². The number of nitrogens with zero attached hydrogens (tertiary/aromatic N) is 1. The maximum atomic E-state index is 13.3. The lowest BCUT2D eigenvalue weighted by Crippen LogP contribution is -2.46. The average Bonchev–Trinajstić information content (AvgIpc) is 2.49. The van der Waals surface area contributed by atoms with Crippen LogP contribution in [0.1, 0.15) is 49.7 Å². The molecule has 0 unspecified atom stereocenters. The molecule has 1 heterocycles. The first-order valence-corrected chi connectivity index (χ1v) is 7.99. The molecule has 1 aromatic rings. The highest BCUT2D eigenvalue weighted by Crippen LogP contribution is 2.36. The highest BCUT2D eigenvalue weighted by Gasteiger charge is 2.33. The minimum absolute atomic E-state index is 0.177. The Hall–Kier alpha value is -0.930. The Labute approximate surface area is 121 Å². The molecule has 3 heteroatoms. The van der Waals surface area contributed by atoms with Gasteiger partial charge in [-0.1, -0.05) is 18.9 Å². The normalized spacial score (nSPS) is 27.3. The largest absolute Gasteiger partial charge is 0.326 e. The predicted molar refractivity (Wildman–Crippen MR) is 79.7 cm³/mol. The van der Waals surface area contributed by atoms with Crippen LogP contribution in [0.15, 0.2) is 18.2 Å². The van der Waals surface area contributed by atoms with Gasteiger partial charge in [0.15, 0.2) is 0 Å². The van der Waals surface area contributed by atoms with Gasteiger partial charge in [-0.05, 0) is 61.4 Å². The fraction of sp³-hybridized carbons (Fsp3) is 0.647. The van der Waals surface area contributed by atoms with E-state index in [9.17, 15) is 4.39 Å². The second-order valence-electron chi connectivity index (χ2n) is 6.34. The van der Waals surface area contributed by atoms with Crippen LogP contribution < -0.4 is 5.73 Å². The molecular weight excluding hydrogens is 251 g/mol. The van der Waals surface area contributed by atoms with Gasteiger partial charge in [0.1, 0.15) is 5.82 Å². The molecule has 2 N–H and O–H groups in total. The fourth-order valence-corrected chi connectivity index (χ4v) is 4.08. The van der Waals surface area contributed by atoms with Crippen LogP contribution in [0.5, 0.6) is 0 Å². The summed E-state index contributed by atoms with van der Waals surface area (Å²) in [5.74, 6) is 0.711. The van der Waals surface area contributed by atoms with Gasteiger partial charge in [-0.2, -0.15) is 0 Å². The van der Waals surface area contributed by atoms with Crippen LogP contribution in [0.4, 0.5) is 4.39 Å².